The van der Waals surface area contributed by atoms with Gasteiger partial charge >= 0.3 is 0 Å². The summed E-state index contributed by atoms with van der Waals surface area (Å²) in [5.41, 5.74) is 0. The number of aliphatic hydroxyl groups is 1. The quantitative estimate of drug-likeness (QED) is 0.750. The Hall–Kier alpha value is -0.0400. The standard InChI is InChI=1S/C14H28O/c1-5-7-13-11(6-2)8-12(15)9-14(13)10(3)4/h10-15H,5-9H2,1-4H3. The van der Waals surface area contributed by atoms with Crippen LogP contribution in [0.15, 0.2) is 0 Å². The summed E-state index contributed by atoms with van der Waals surface area (Å²) >= 11 is 0. The Morgan fingerprint density at radius 3 is 2.33 bits per heavy atom. The SMILES string of the molecule is CCCC1C(CC)CC(O)CC1C(C)C. The largest absolute Gasteiger partial charge is 0.393 e. The van der Waals surface area contributed by atoms with Crippen LogP contribution in [0, 0.1) is 23.7 Å². The molecule has 0 heterocycles. The molecule has 0 saturated heterocycles. The molecule has 90 valence electrons. The first-order chi connectivity index (χ1) is 7.10. The van der Waals surface area contributed by atoms with Gasteiger partial charge in [0.2, 0.25) is 0 Å². The number of hydrogen-bond donors (Lipinski definition) is 1. The van der Waals surface area contributed by atoms with Crippen LogP contribution in [0.5, 0.6) is 0 Å². The van der Waals surface area contributed by atoms with Gasteiger partial charge in [-0.2, -0.15) is 0 Å². The van der Waals surface area contributed by atoms with E-state index < -0.39 is 0 Å². The second-order valence-electron chi connectivity index (χ2n) is 5.65. The highest BCUT2D eigenvalue weighted by molar-refractivity contribution is 4.86. The van der Waals surface area contributed by atoms with Gasteiger partial charge in [-0.3, -0.25) is 0 Å². The second kappa shape index (κ2) is 5.89. The van der Waals surface area contributed by atoms with Crippen LogP contribution in [0.3, 0.4) is 0 Å². The van der Waals surface area contributed by atoms with E-state index in [-0.39, 0.29) is 6.10 Å². The van der Waals surface area contributed by atoms with Gasteiger partial charge in [0.1, 0.15) is 0 Å². The molecule has 15 heavy (non-hydrogen) atoms. The molecule has 4 atom stereocenters. The molecular formula is C14H28O. The van der Waals surface area contributed by atoms with Gasteiger partial charge in [-0.05, 0) is 36.5 Å². The van der Waals surface area contributed by atoms with Gasteiger partial charge in [-0.25, -0.2) is 0 Å². The first kappa shape index (κ1) is 13.0. The topological polar surface area (TPSA) is 20.2 Å². The summed E-state index contributed by atoms with van der Waals surface area (Å²) < 4.78 is 0. The van der Waals surface area contributed by atoms with Crippen molar-refractivity contribution in [2.45, 2.75) is 65.9 Å². The first-order valence-electron chi connectivity index (χ1n) is 6.78. The highest BCUT2D eigenvalue weighted by Gasteiger charge is 2.36. The fourth-order valence-corrected chi connectivity index (χ4v) is 3.48. The van der Waals surface area contributed by atoms with Crippen molar-refractivity contribution in [2.75, 3.05) is 0 Å². The van der Waals surface area contributed by atoms with Gasteiger partial charge in [-0.1, -0.05) is 47.0 Å². The Kier molecular flexibility index (Phi) is 5.11. The van der Waals surface area contributed by atoms with Crippen molar-refractivity contribution in [3.8, 4) is 0 Å². The van der Waals surface area contributed by atoms with Crippen molar-refractivity contribution in [1.29, 1.82) is 0 Å². The summed E-state index contributed by atoms with van der Waals surface area (Å²) in [6.45, 7) is 9.20. The van der Waals surface area contributed by atoms with Crippen molar-refractivity contribution in [3.05, 3.63) is 0 Å². The summed E-state index contributed by atoms with van der Waals surface area (Å²) in [5, 5.41) is 9.92. The minimum absolute atomic E-state index is 0.0320. The lowest BCUT2D eigenvalue weighted by atomic mass is 9.65. The molecule has 0 aliphatic heterocycles. The predicted molar refractivity (Wildman–Crippen MR) is 65.7 cm³/mol. The van der Waals surface area contributed by atoms with E-state index in [0.717, 1.165) is 36.5 Å². The molecule has 0 bridgehead atoms. The third-order valence-corrected chi connectivity index (χ3v) is 4.28. The van der Waals surface area contributed by atoms with Crippen LogP contribution in [-0.4, -0.2) is 11.2 Å². The Bertz CT molecular complexity index is 176. The molecule has 1 fully saturated rings. The smallest absolute Gasteiger partial charge is 0.0545 e. The van der Waals surface area contributed by atoms with E-state index >= 15 is 0 Å². The van der Waals surface area contributed by atoms with Crippen LogP contribution >= 0.6 is 0 Å². The molecule has 0 aromatic rings. The van der Waals surface area contributed by atoms with Crippen LogP contribution in [0.1, 0.15) is 59.8 Å². The number of rotatable bonds is 4. The normalized spacial score (nSPS) is 37.2. The summed E-state index contributed by atoms with van der Waals surface area (Å²) in [5.74, 6) is 3.11. The van der Waals surface area contributed by atoms with E-state index in [2.05, 4.69) is 27.7 Å². The van der Waals surface area contributed by atoms with E-state index in [1.165, 1.54) is 19.3 Å². The molecule has 1 heteroatoms. The molecule has 1 aliphatic carbocycles. The van der Waals surface area contributed by atoms with E-state index in [4.69, 9.17) is 0 Å². The van der Waals surface area contributed by atoms with Gasteiger partial charge < -0.3 is 5.11 Å². The fourth-order valence-electron chi connectivity index (χ4n) is 3.48. The van der Waals surface area contributed by atoms with Gasteiger partial charge in [0, 0.05) is 0 Å². The zero-order chi connectivity index (χ0) is 11.4. The molecule has 0 amide bonds. The molecule has 1 rings (SSSR count). The zero-order valence-corrected chi connectivity index (χ0v) is 10.9. The van der Waals surface area contributed by atoms with Crippen LogP contribution in [0.4, 0.5) is 0 Å². The average molecular weight is 212 g/mol. The lowest BCUT2D eigenvalue weighted by Crippen LogP contribution is -2.37. The van der Waals surface area contributed by atoms with Gasteiger partial charge in [0.25, 0.3) is 0 Å². The molecule has 1 N–H and O–H groups in total. The van der Waals surface area contributed by atoms with E-state index in [9.17, 15) is 5.11 Å². The van der Waals surface area contributed by atoms with E-state index in [1.807, 2.05) is 0 Å². The number of aliphatic hydroxyl groups excluding tert-OH is 1. The average Bonchev–Trinajstić information content (AvgIpc) is 2.19. The predicted octanol–water partition coefficient (Wildman–Crippen LogP) is 3.86. The van der Waals surface area contributed by atoms with Crippen LogP contribution in [0.2, 0.25) is 0 Å². The van der Waals surface area contributed by atoms with Crippen LogP contribution < -0.4 is 0 Å². The maximum absolute atomic E-state index is 9.92. The monoisotopic (exact) mass is 212 g/mol. The minimum atomic E-state index is -0.0320. The van der Waals surface area contributed by atoms with Gasteiger partial charge in [0.15, 0.2) is 0 Å². The molecule has 0 aromatic carbocycles. The first-order valence-corrected chi connectivity index (χ1v) is 6.78. The molecule has 1 saturated carbocycles. The third-order valence-electron chi connectivity index (χ3n) is 4.28. The van der Waals surface area contributed by atoms with Crippen molar-refractivity contribution in [3.63, 3.8) is 0 Å². The van der Waals surface area contributed by atoms with Gasteiger partial charge in [-0.15, -0.1) is 0 Å². The lowest BCUT2D eigenvalue weighted by Gasteiger charge is -2.42. The van der Waals surface area contributed by atoms with E-state index in [1.54, 1.807) is 0 Å². The maximum Gasteiger partial charge on any atom is 0.0545 e. The third kappa shape index (κ3) is 3.21. The summed E-state index contributed by atoms with van der Waals surface area (Å²) in [6.07, 6.45) is 5.94. The van der Waals surface area contributed by atoms with Crippen molar-refractivity contribution >= 4 is 0 Å². The summed E-state index contributed by atoms with van der Waals surface area (Å²) in [4.78, 5) is 0. The van der Waals surface area contributed by atoms with Crippen molar-refractivity contribution < 1.29 is 5.11 Å². The van der Waals surface area contributed by atoms with Crippen molar-refractivity contribution in [1.82, 2.24) is 0 Å². The number of hydrogen-bond acceptors (Lipinski definition) is 1. The molecule has 0 aromatic heterocycles. The lowest BCUT2D eigenvalue weighted by molar-refractivity contribution is 0.00380. The Labute approximate surface area is 95.3 Å². The Morgan fingerprint density at radius 1 is 1.20 bits per heavy atom. The minimum Gasteiger partial charge on any atom is -0.393 e. The Morgan fingerprint density at radius 2 is 1.87 bits per heavy atom. The summed E-state index contributed by atoms with van der Waals surface area (Å²) in [6, 6.07) is 0. The van der Waals surface area contributed by atoms with Crippen molar-refractivity contribution in [2.24, 2.45) is 23.7 Å². The summed E-state index contributed by atoms with van der Waals surface area (Å²) in [7, 11) is 0. The molecule has 1 aliphatic rings. The van der Waals surface area contributed by atoms with Gasteiger partial charge in [0.05, 0.1) is 6.10 Å². The molecule has 0 radical (unpaired) electrons. The molecular weight excluding hydrogens is 184 g/mol. The fraction of sp³-hybridized carbons (Fsp3) is 1.00. The zero-order valence-electron chi connectivity index (χ0n) is 10.9. The molecule has 1 nitrogen and oxygen atoms in total. The Balaban J connectivity index is 2.71. The molecule has 4 unspecified atom stereocenters. The maximum atomic E-state index is 9.92. The molecule has 0 spiro atoms. The highest BCUT2D eigenvalue weighted by Crippen LogP contribution is 2.42. The van der Waals surface area contributed by atoms with Crippen LogP contribution in [-0.2, 0) is 0 Å². The second-order valence-corrected chi connectivity index (χ2v) is 5.65. The highest BCUT2D eigenvalue weighted by atomic mass is 16.3. The van der Waals surface area contributed by atoms with Crippen LogP contribution in [0.25, 0.3) is 0 Å². The van der Waals surface area contributed by atoms with E-state index in [0.29, 0.717) is 0 Å².